The van der Waals surface area contributed by atoms with Gasteiger partial charge in [0.15, 0.2) is 0 Å². The summed E-state index contributed by atoms with van der Waals surface area (Å²) in [7, 11) is 0. The molecule has 1 aromatic carbocycles. The summed E-state index contributed by atoms with van der Waals surface area (Å²) in [5.41, 5.74) is 0.894. The van der Waals surface area contributed by atoms with Crippen molar-refractivity contribution in [3.05, 3.63) is 45.8 Å². The van der Waals surface area contributed by atoms with E-state index in [9.17, 15) is 9.59 Å². The molecule has 1 aromatic rings. The van der Waals surface area contributed by atoms with Crippen molar-refractivity contribution in [3.8, 4) is 0 Å². The molecule has 2 N–H and O–H groups in total. The van der Waals surface area contributed by atoms with Crippen LogP contribution >= 0.6 is 23.5 Å². The van der Waals surface area contributed by atoms with Crippen LogP contribution in [-0.4, -0.2) is 30.4 Å². The summed E-state index contributed by atoms with van der Waals surface area (Å²) in [6, 6.07) is 9.16. The van der Waals surface area contributed by atoms with Gasteiger partial charge >= 0.3 is 0 Å². The fourth-order valence-corrected chi connectivity index (χ4v) is 3.95. The van der Waals surface area contributed by atoms with Crippen LogP contribution in [0.5, 0.6) is 0 Å². The normalized spacial score (nSPS) is 14.3. The van der Waals surface area contributed by atoms with Crippen molar-refractivity contribution >= 4 is 35.3 Å². The van der Waals surface area contributed by atoms with Crippen molar-refractivity contribution in [1.82, 2.24) is 10.6 Å². The van der Waals surface area contributed by atoms with Gasteiger partial charge in [-0.15, -0.1) is 23.5 Å². The van der Waals surface area contributed by atoms with E-state index in [-0.39, 0.29) is 17.9 Å². The Kier molecular flexibility index (Phi) is 7.05. The van der Waals surface area contributed by atoms with Crippen molar-refractivity contribution < 1.29 is 9.59 Å². The minimum atomic E-state index is -0.261. The van der Waals surface area contributed by atoms with Crippen molar-refractivity contribution in [2.75, 3.05) is 12.5 Å². The average molecular weight is 351 g/mol. The Morgan fingerprint density at radius 1 is 1.04 bits per heavy atom. The molecule has 0 aliphatic heterocycles. The van der Waals surface area contributed by atoms with E-state index in [2.05, 4.69) is 10.6 Å². The lowest BCUT2D eigenvalue weighted by Gasteiger charge is -2.17. The smallest absolute Gasteiger partial charge is 0.269 e. The van der Waals surface area contributed by atoms with Crippen LogP contribution in [0.1, 0.15) is 36.0 Å². The number of benzene rings is 1. The zero-order valence-electron chi connectivity index (χ0n) is 13.4. The fourth-order valence-electron chi connectivity index (χ4n) is 2.59. The molecule has 1 aliphatic rings. The maximum absolute atomic E-state index is 12.6. The first-order chi connectivity index (χ1) is 11.2. The van der Waals surface area contributed by atoms with Gasteiger partial charge in [0.05, 0.1) is 4.24 Å². The summed E-state index contributed by atoms with van der Waals surface area (Å²) < 4.78 is 0.810. The molecule has 6 heteroatoms. The molecule has 0 saturated heterocycles. The zero-order chi connectivity index (χ0) is 16.7. The Hall–Kier alpha value is -1.40. The van der Waals surface area contributed by atoms with Gasteiger partial charge in [-0.25, -0.2) is 0 Å². The van der Waals surface area contributed by atoms with Crippen LogP contribution in [0, 0.1) is 0 Å². The van der Waals surface area contributed by atoms with Crippen LogP contribution in [0.15, 0.2) is 40.3 Å². The second-order valence-electron chi connectivity index (χ2n) is 5.35. The molecule has 0 aromatic heterocycles. The molecule has 0 spiro atoms. The minimum absolute atomic E-state index is 0.195. The molecule has 23 heavy (non-hydrogen) atoms. The van der Waals surface area contributed by atoms with Gasteiger partial charge in [0.2, 0.25) is 0 Å². The Morgan fingerprint density at radius 2 is 1.65 bits per heavy atom. The molecule has 1 saturated carbocycles. The maximum Gasteiger partial charge on any atom is 0.269 e. The number of carbonyl (C=O) groups excluding carboxylic acids is 2. The largest absolute Gasteiger partial charge is 0.348 e. The van der Waals surface area contributed by atoms with Gasteiger partial charge in [-0.2, -0.15) is 0 Å². The first kappa shape index (κ1) is 17.9. The van der Waals surface area contributed by atoms with E-state index < -0.39 is 0 Å². The highest BCUT2D eigenvalue weighted by Crippen LogP contribution is 2.27. The van der Waals surface area contributed by atoms with Gasteiger partial charge in [-0.1, -0.05) is 31.0 Å². The second-order valence-corrected chi connectivity index (χ2v) is 7.24. The van der Waals surface area contributed by atoms with E-state index in [0.717, 1.165) is 29.9 Å². The molecule has 0 atom stereocenters. The SMILES string of the molecule is CSC(SC)=C(NC(=O)c1ccccc1)C(=O)NC1CCCC1. The van der Waals surface area contributed by atoms with E-state index in [1.807, 2.05) is 18.6 Å². The molecule has 1 aliphatic carbocycles. The van der Waals surface area contributed by atoms with Crippen LogP contribution in [0.2, 0.25) is 0 Å². The maximum atomic E-state index is 12.6. The predicted molar refractivity (Wildman–Crippen MR) is 98.4 cm³/mol. The first-order valence-corrected chi connectivity index (χ1v) is 10.1. The number of hydrogen-bond donors (Lipinski definition) is 2. The first-order valence-electron chi connectivity index (χ1n) is 7.65. The molecule has 124 valence electrons. The highest BCUT2D eigenvalue weighted by molar-refractivity contribution is 8.21. The number of hydrogen-bond acceptors (Lipinski definition) is 4. The van der Waals surface area contributed by atoms with Crippen molar-refractivity contribution in [1.29, 1.82) is 0 Å². The Bertz CT molecular complexity index is 576. The third-order valence-corrected chi connectivity index (χ3v) is 5.92. The highest BCUT2D eigenvalue weighted by Gasteiger charge is 2.23. The standard InChI is InChI=1S/C17H22N2O2S2/c1-22-17(23-2)14(16(21)18-13-10-6-7-11-13)19-15(20)12-8-4-3-5-9-12/h3-5,8-9,13H,6-7,10-11H2,1-2H3,(H,18,21)(H,19,20). The molecule has 0 bridgehead atoms. The van der Waals surface area contributed by atoms with Crippen LogP contribution in [-0.2, 0) is 4.79 Å². The monoisotopic (exact) mass is 350 g/mol. The summed E-state index contributed by atoms with van der Waals surface area (Å²) in [4.78, 5) is 25.0. The third kappa shape index (κ3) is 5.04. The summed E-state index contributed by atoms with van der Waals surface area (Å²) in [6.07, 6.45) is 8.14. The van der Waals surface area contributed by atoms with Crippen LogP contribution in [0.4, 0.5) is 0 Å². The number of nitrogens with one attached hydrogen (secondary N) is 2. The van der Waals surface area contributed by atoms with Gasteiger partial charge in [0, 0.05) is 11.6 Å². The van der Waals surface area contributed by atoms with Gasteiger partial charge < -0.3 is 10.6 Å². The molecule has 2 rings (SSSR count). The summed E-state index contributed by atoms with van der Waals surface area (Å²) >= 11 is 2.94. The lowest BCUT2D eigenvalue weighted by molar-refractivity contribution is -0.118. The number of thioether (sulfide) groups is 2. The van der Waals surface area contributed by atoms with Gasteiger partial charge in [-0.3, -0.25) is 9.59 Å². The van der Waals surface area contributed by atoms with E-state index in [1.165, 1.54) is 23.5 Å². The Labute approximate surface area is 145 Å². The van der Waals surface area contributed by atoms with Crippen molar-refractivity contribution in [3.63, 3.8) is 0 Å². The molecular weight excluding hydrogens is 328 g/mol. The fraction of sp³-hybridized carbons (Fsp3) is 0.412. The molecule has 1 fully saturated rings. The van der Waals surface area contributed by atoms with Crippen LogP contribution in [0.25, 0.3) is 0 Å². The second kappa shape index (κ2) is 9.03. The molecule has 0 heterocycles. The van der Waals surface area contributed by atoms with E-state index >= 15 is 0 Å². The lowest BCUT2D eigenvalue weighted by Crippen LogP contribution is -2.39. The average Bonchev–Trinajstić information content (AvgIpc) is 3.08. The predicted octanol–water partition coefficient (Wildman–Crippen LogP) is 3.37. The Balaban J connectivity index is 2.15. The highest BCUT2D eigenvalue weighted by atomic mass is 32.2. The summed E-state index contributed by atoms with van der Waals surface area (Å²) in [6.45, 7) is 0. The number of amides is 2. The molecule has 0 unspecified atom stereocenters. The molecule has 4 nitrogen and oxygen atoms in total. The minimum Gasteiger partial charge on any atom is -0.348 e. The van der Waals surface area contributed by atoms with Crippen molar-refractivity contribution in [2.24, 2.45) is 0 Å². The molecule has 2 amide bonds. The third-order valence-electron chi connectivity index (χ3n) is 3.77. The summed E-state index contributed by atoms with van der Waals surface area (Å²) in [5.74, 6) is -0.456. The number of carbonyl (C=O) groups is 2. The summed E-state index contributed by atoms with van der Waals surface area (Å²) in [5, 5.41) is 5.84. The van der Waals surface area contributed by atoms with Gasteiger partial charge in [0.25, 0.3) is 11.8 Å². The Morgan fingerprint density at radius 3 is 2.22 bits per heavy atom. The van der Waals surface area contributed by atoms with Gasteiger partial charge in [0.1, 0.15) is 5.70 Å². The quantitative estimate of drug-likeness (QED) is 0.772. The topological polar surface area (TPSA) is 58.2 Å². The van der Waals surface area contributed by atoms with Crippen molar-refractivity contribution in [2.45, 2.75) is 31.7 Å². The van der Waals surface area contributed by atoms with Crippen LogP contribution < -0.4 is 10.6 Å². The van der Waals surface area contributed by atoms with E-state index in [4.69, 9.17) is 0 Å². The molecular formula is C17H22N2O2S2. The lowest BCUT2D eigenvalue weighted by atomic mass is 10.2. The van der Waals surface area contributed by atoms with Gasteiger partial charge in [-0.05, 0) is 37.5 Å². The van der Waals surface area contributed by atoms with Crippen LogP contribution in [0.3, 0.4) is 0 Å². The van der Waals surface area contributed by atoms with E-state index in [0.29, 0.717) is 11.3 Å². The van der Waals surface area contributed by atoms with E-state index in [1.54, 1.807) is 24.3 Å². The molecule has 0 radical (unpaired) electrons. The number of rotatable bonds is 6. The zero-order valence-corrected chi connectivity index (χ0v) is 15.1.